The molecule has 0 amide bonds. The molecule has 4 atom stereocenters. The van der Waals surface area contributed by atoms with Crippen molar-refractivity contribution in [3.05, 3.63) is 42.5 Å². The third-order valence-electron chi connectivity index (χ3n) is 5.57. The molecule has 2 fully saturated rings. The molecular weight excluding hydrogens is 268 g/mol. The van der Waals surface area contributed by atoms with E-state index in [-0.39, 0.29) is 17.1 Å². The summed E-state index contributed by atoms with van der Waals surface area (Å²) in [5, 5.41) is 0. The number of benzene rings is 1. The summed E-state index contributed by atoms with van der Waals surface area (Å²) >= 11 is 0. The normalized spacial score (nSPS) is 38.0. The van der Waals surface area contributed by atoms with Crippen LogP contribution in [0.1, 0.15) is 33.1 Å². The predicted octanol–water partition coefficient (Wildman–Crippen LogP) is 3.50. The number of rotatable bonds is 2. The van der Waals surface area contributed by atoms with E-state index in [0.29, 0.717) is 12.8 Å². The van der Waals surface area contributed by atoms with Crippen molar-refractivity contribution in [3.8, 4) is 0 Å². The Balaban J connectivity index is 2.13. The van der Waals surface area contributed by atoms with E-state index in [1.165, 1.54) is 0 Å². The fraction of sp³-hybridized carbons (Fsp3) is 0.471. The molecule has 3 heteroatoms. The fourth-order valence-corrected chi connectivity index (χ4v) is 5.92. The van der Waals surface area contributed by atoms with Gasteiger partial charge in [0.25, 0.3) is 0 Å². The molecule has 0 spiro atoms. The van der Waals surface area contributed by atoms with E-state index in [2.05, 4.69) is 20.4 Å². The Morgan fingerprint density at radius 2 is 1.95 bits per heavy atom. The molecule has 3 rings (SSSR count). The third-order valence-corrected chi connectivity index (χ3v) is 7.66. The molecule has 1 aromatic rings. The van der Waals surface area contributed by atoms with Crippen LogP contribution in [-0.4, -0.2) is 14.7 Å². The number of hydrogen-bond acceptors (Lipinski definition) is 2. The number of carbonyl (C=O) groups is 1. The lowest BCUT2D eigenvalue weighted by Gasteiger charge is -2.42. The van der Waals surface area contributed by atoms with Crippen molar-refractivity contribution in [3.63, 3.8) is 0 Å². The van der Waals surface area contributed by atoms with Gasteiger partial charge in [-0.3, -0.25) is 9.00 Å². The van der Waals surface area contributed by atoms with Gasteiger partial charge in [0, 0.05) is 11.3 Å². The van der Waals surface area contributed by atoms with Crippen LogP contribution in [0.2, 0.25) is 0 Å². The smallest absolute Gasteiger partial charge is 0.152 e. The largest absolute Gasteiger partial charge is 0.298 e. The molecule has 2 nitrogen and oxygen atoms in total. The van der Waals surface area contributed by atoms with E-state index >= 15 is 0 Å². The second-order valence-electron chi connectivity index (χ2n) is 6.31. The van der Waals surface area contributed by atoms with Crippen molar-refractivity contribution >= 4 is 16.6 Å². The average molecular weight is 288 g/mol. The van der Waals surface area contributed by atoms with Crippen molar-refractivity contribution in [1.29, 1.82) is 0 Å². The van der Waals surface area contributed by atoms with Gasteiger partial charge in [-0.05, 0) is 36.3 Å². The van der Waals surface area contributed by atoms with Crippen LogP contribution in [0.15, 0.2) is 47.4 Å². The molecule has 2 saturated carbocycles. The summed E-state index contributed by atoms with van der Waals surface area (Å²) in [6, 6.07) is 9.38. The highest BCUT2D eigenvalue weighted by Gasteiger charge is 2.64. The number of hydrogen-bond donors (Lipinski definition) is 0. The van der Waals surface area contributed by atoms with E-state index in [4.69, 9.17) is 0 Å². The van der Waals surface area contributed by atoms with Gasteiger partial charge in [-0.2, -0.15) is 0 Å². The minimum Gasteiger partial charge on any atom is -0.298 e. The second-order valence-corrected chi connectivity index (χ2v) is 8.05. The monoisotopic (exact) mass is 288 g/mol. The molecule has 20 heavy (non-hydrogen) atoms. The number of ketones is 1. The number of carbonyl (C=O) groups excluding carboxylic acids is 1. The van der Waals surface area contributed by atoms with Gasteiger partial charge < -0.3 is 0 Å². The van der Waals surface area contributed by atoms with Crippen LogP contribution in [-0.2, 0) is 15.6 Å². The molecule has 0 aromatic heterocycles. The van der Waals surface area contributed by atoms with Crippen molar-refractivity contribution < 1.29 is 9.00 Å². The van der Waals surface area contributed by atoms with Crippen LogP contribution in [0.3, 0.4) is 0 Å². The first-order valence-corrected chi connectivity index (χ1v) is 8.26. The minimum absolute atomic E-state index is 0.0433. The van der Waals surface area contributed by atoms with Crippen LogP contribution in [0.4, 0.5) is 0 Å². The molecule has 0 heterocycles. The van der Waals surface area contributed by atoms with E-state index in [1.54, 1.807) is 0 Å². The lowest BCUT2D eigenvalue weighted by Crippen LogP contribution is -2.51. The van der Waals surface area contributed by atoms with Crippen molar-refractivity contribution in [1.82, 2.24) is 0 Å². The van der Waals surface area contributed by atoms with Crippen molar-refractivity contribution in [2.45, 2.75) is 42.8 Å². The summed E-state index contributed by atoms with van der Waals surface area (Å²) in [5.74, 6) is 0.244. The van der Waals surface area contributed by atoms with Gasteiger partial charge in [0.05, 0.1) is 10.8 Å². The first kappa shape index (κ1) is 13.7. The lowest BCUT2D eigenvalue weighted by atomic mass is 9.67. The Morgan fingerprint density at radius 3 is 2.60 bits per heavy atom. The maximum absolute atomic E-state index is 13.1. The molecule has 106 valence electrons. The van der Waals surface area contributed by atoms with Crippen molar-refractivity contribution in [2.75, 3.05) is 0 Å². The van der Waals surface area contributed by atoms with Crippen LogP contribution >= 0.6 is 0 Å². The fourth-order valence-electron chi connectivity index (χ4n) is 3.89. The minimum atomic E-state index is -1.30. The molecule has 1 unspecified atom stereocenters. The van der Waals surface area contributed by atoms with E-state index in [1.807, 2.05) is 30.3 Å². The Bertz CT molecular complexity index is 607. The summed E-state index contributed by atoms with van der Waals surface area (Å²) in [4.78, 5) is 13.4. The van der Waals surface area contributed by atoms with Gasteiger partial charge in [-0.15, -0.1) is 0 Å². The van der Waals surface area contributed by atoms with Crippen molar-refractivity contribution in [2.24, 2.45) is 11.3 Å². The lowest BCUT2D eigenvalue weighted by molar-refractivity contribution is -0.125. The summed E-state index contributed by atoms with van der Waals surface area (Å²) in [5.41, 5.74) is 1.05. The maximum atomic E-state index is 13.1. The zero-order chi connectivity index (χ0) is 14.5. The Labute approximate surface area is 122 Å². The van der Waals surface area contributed by atoms with Gasteiger partial charge in [-0.1, -0.05) is 44.2 Å². The van der Waals surface area contributed by atoms with Crippen LogP contribution in [0, 0.1) is 11.3 Å². The Hall–Kier alpha value is -1.22. The first-order valence-electron chi connectivity index (χ1n) is 7.11. The quantitative estimate of drug-likeness (QED) is 0.781. The topological polar surface area (TPSA) is 34.1 Å². The highest BCUT2D eigenvalue weighted by molar-refractivity contribution is 7.87. The standard InChI is InChI=1S/C17H20O2S/c1-12-11-17(20(19)14-7-5-4-6-8-14)13(2)16(12,3)10-9-15(17)18/h4-8,13H,1,9-11H2,2-3H3/t13-,16-,17-,20?/m1/s1. The van der Waals surface area contributed by atoms with Crippen LogP contribution < -0.4 is 0 Å². The summed E-state index contributed by atoms with van der Waals surface area (Å²) < 4.78 is 12.4. The number of allylic oxidation sites excluding steroid dienone is 1. The van der Waals surface area contributed by atoms with Crippen LogP contribution in [0.5, 0.6) is 0 Å². The van der Waals surface area contributed by atoms with Gasteiger partial charge in [0.15, 0.2) is 5.78 Å². The molecule has 2 aliphatic carbocycles. The highest BCUT2D eigenvalue weighted by atomic mass is 32.2. The second kappa shape index (κ2) is 4.39. The Morgan fingerprint density at radius 1 is 1.30 bits per heavy atom. The molecule has 0 radical (unpaired) electrons. The summed E-state index contributed by atoms with van der Waals surface area (Å²) in [7, 11) is -1.30. The van der Waals surface area contributed by atoms with Gasteiger partial charge >= 0.3 is 0 Å². The Kier molecular flexibility index (Phi) is 3.02. The molecule has 0 aliphatic heterocycles. The molecular formula is C17H20O2S. The van der Waals surface area contributed by atoms with Gasteiger partial charge in [0.2, 0.25) is 0 Å². The highest BCUT2D eigenvalue weighted by Crippen LogP contribution is 2.61. The summed E-state index contributed by atoms with van der Waals surface area (Å²) in [6.45, 7) is 8.44. The van der Waals surface area contributed by atoms with Gasteiger partial charge in [-0.25, -0.2) is 0 Å². The average Bonchev–Trinajstić information content (AvgIpc) is 2.60. The number of Topliss-reactive ketones (excluding diaryl/α,β-unsaturated/α-hetero) is 1. The maximum Gasteiger partial charge on any atom is 0.152 e. The van der Waals surface area contributed by atoms with E-state index in [9.17, 15) is 9.00 Å². The SMILES string of the molecule is C=C1C[C@]2(S(=O)c3ccccc3)C(=O)CC[C@@]1(C)[C@H]2C. The zero-order valence-electron chi connectivity index (χ0n) is 12.0. The first-order chi connectivity index (χ1) is 9.43. The van der Waals surface area contributed by atoms with Crippen LogP contribution in [0.25, 0.3) is 0 Å². The predicted molar refractivity (Wildman–Crippen MR) is 80.9 cm³/mol. The van der Waals surface area contributed by atoms with E-state index < -0.39 is 15.5 Å². The third kappa shape index (κ3) is 1.56. The molecule has 2 aliphatic rings. The van der Waals surface area contributed by atoms with E-state index in [0.717, 1.165) is 16.9 Å². The zero-order valence-corrected chi connectivity index (χ0v) is 12.8. The molecule has 0 saturated heterocycles. The molecule has 2 bridgehead atoms. The molecule has 0 N–H and O–H groups in total. The summed E-state index contributed by atoms with van der Waals surface area (Å²) in [6.07, 6.45) is 1.95. The number of fused-ring (bicyclic) bond motifs is 2. The van der Waals surface area contributed by atoms with Gasteiger partial charge in [0.1, 0.15) is 4.75 Å². The molecule has 1 aromatic carbocycles.